The van der Waals surface area contributed by atoms with Crippen molar-refractivity contribution in [3.63, 3.8) is 0 Å². The number of benzene rings is 1. The van der Waals surface area contributed by atoms with Crippen molar-refractivity contribution < 1.29 is 19.4 Å². The summed E-state index contributed by atoms with van der Waals surface area (Å²) in [5, 5.41) is 26.0. The van der Waals surface area contributed by atoms with Gasteiger partial charge in [-0.25, -0.2) is 0 Å². The Morgan fingerprint density at radius 1 is 1.20 bits per heavy atom. The van der Waals surface area contributed by atoms with Crippen LogP contribution in [0.5, 0.6) is 5.75 Å². The van der Waals surface area contributed by atoms with Gasteiger partial charge in [0.2, 0.25) is 0 Å². The number of carbonyl (C=O) groups excluding carboxylic acids is 2. The van der Waals surface area contributed by atoms with Crippen LogP contribution in [0.25, 0.3) is 16.7 Å². The van der Waals surface area contributed by atoms with E-state index in [1.807, 2.05) is 10.9 Å². The topological polar surface area (TPSA) is 149 Å². The fraction of sp³-hybridized carbons (Fsp3) is 0.407. The number of pyridine rings is 1. The van der Waals surface area contributed by atoms with Crippen LogP contribution in [0.3, 0.4) is 0 Å². The highest BCUT2D eigenvalue weighted by Crippen LogP contribution is 2.33. The molecule has 0 radical (unpaired) electrons. The van der Waals surface area contributed by atoms with Crippen molar-refractivity contribution in [2.45, 2.75) is 50.8 Å². The number of hydrogen-bond donors (Lipinski definition) is 2. The van der Waals surface area contributed by atoms with Gasteiger partial charge in [0.05, 0.1) is 30.4 Å². The van der Waals surface area contributed by atoms with Gasteiger partial charge >= 0.3 is 0 Å². The van der Waals surface area contributed by atoms with E-state index in [1.165, 1.54) is 35.7 Å². The highest BCUT2D eigenvalue weighted by molar-refractivity contribution is 6.08. The predicted molar refractivity (Wildman–Crippen MR) is 147 cm³/mol. The molecule has 1 atom stereocenters. The van der Waals surface area contributed by atoms with E-state index in [2.05, 4.69) is 15.5 Å². The Kier molecular flexibility index (Phi) is 7.39. The molecule has 40 heavy (non-hydrogen) atoms. The molecule has 13 heteroatoms. The molecule has 3 heterocycles. The Labute approximate surface area is 229 Å². The first-order valence-corrected chi connectivity index (χ1v) is 13.1. The van der Waals surface area contributed by atoms with Crippen molar-refractivity contribution in [2.75, 3.05) is 19.5 Å². The lowest BCUT2D eigenvalue weighted by Gasteiger charge is -2.35. The van der Waals surface area contributed by atoms with Gasteiger partial charge < -0.3 is 20.1 Å². The van der Waals surface area contributed by atoms with E-state index < -0.39 is 17.6 Å². The first-order valence-electron chi connectivity index (χ1n) is 13.1. The first kappa shape index (κ1) is 27.1. The van der Waals surface area contributed by atoms with Crippen molar-refractivity contribution in [1.82, 2.24) is 34.2 Å². The van der Waals surface area contributed by atoms with E-state index in [1.54, 1.807) is 43.4 Å². The number of carbonyl (C=O) groups is 2. The third kappa shape index (κ3) is 5.19. The Balaban J connectivity index is 1.35. The van der Waals surface area contributed by atoms with E-state index in [9.17, 15) is 19.5 Å². The van der Waals surface area contributed by atoms with Crippen LogP contribution in [0.2, 0.25) is 0 Å². The lowest BCUT2D eigenvalue weighted by atomic mass is 9.90. The molecule has 2 amide bonds. The number of hydrogen-bond acceptors (Lipinski definition) is 8. The number of rotatable bonds is 7. The summed E-state index contributed by atoms with van der Waals surface area (Å²) in [7, 11) is 4.86. The molecule has 0 saturated heterocycles. The number of aliphatic hydroxyl groups is 1. The van der Waals surface area contributed by atoms with E-state index in [4.69, 9.17) is 9.84 Å². The van der Waals surface area contributed by atoms with Crippen molar-refractivity contribution in [2.24, 2.45) is 7.05 Å². The number of nitrogens with zero attached hydrogens (tertiary/aromatic N) is 7. The predicted octanol–water partition coefficient (Wildman–Crippen LogP) is 1.90. The van der Waals surface area contributed by atoms with Crippen LogP contribution in [0.1, 0.15) is 49.0 Å². The van der Waals surface area contributed by atoms with Gasteiger partial charge in [-0.3, -0.25) is 23.6 Å². The molecule has 0 aliphatic heterocycles. The standard InChI is InChI=1S/C27H32N8O5/c1-16(36)26(38)32(2)18-7-9-19(10-8-18)35-15-17-12-20(23(40-4)13-22(17)30-35)25(37)29-21-6-5-11-34(27(21)39)24-14-28-33(3)31-24/h5-6,11-16,18-19,36H,7-10H2,1-4H3,(H,29,37)/t16-,18?,19?/m1/s1. The van der Waals surface area contributed by atoms with Gasteiger partial charge in [-0.1, -0.05) is 0 Å². The zero-order valence-corrected chi connectivity index (χ0v) is 22.8. The summed E-state index contributed by atoms with van der Waals surface area (Å²) >= 11 is 0. The van der Waals surface area contributed by atoms with Crippen LogP contribution >= 0.6 is 0 Å². The number of anilines is 1. The van der Waals surface area contributed by atoms with Gasteiger partial charge in [-0.2, -0.15) is 15.0 Å². The minimum Gasteiger partial charge on any atom is -0.496 e. The maximum Gasteiger partial charge on any atom is 0.280 e. The molecule has 1 aliphatic carbocycles. The smallest absolute Gasteiger partial charge is 0.280 e. The number of aryl methyl sites for hydroxylation is 1. The van der Waals surface area contributed by atoms with E-state index >= 15 is 0 Å². The van der Waals surface area contributed by atoms with Crippen LogP contribution in [0, 0.1) is 0 Å². The van der Waals surface area contributed by atoms with Crippen molar-refractivity contribution in [3.05, 3.63) is 58.8 Å². The molecule has 1 saturated carbocycles. The number of fused-ring (bicyclic) bond motifs is 1. The number of likely N-dealkylation sites (N-methyl/N-ethyl adjacent to an activating group) is 1. The van der Waals surface area contributed by atoms with E-state index in [0.29, 0.717) is 17.1 Å². The van der Waals surface area contributed by atoms with Crippen molar-refractivity contribution in [1.29, 1.82) is 0 Å². The molecule has 1 aromatic carbocycles. The van der Waals surface area contributed by atoms with Crippen LogP contribution < -0.4 is 15.6 Å². The molecule has 3 aromatic heterocycles. The van der Waals surface area contributed by atoms with Crippen LogP contribution in [-0.4, -0.2) is 77.5 Å². The van der Waals surface area contributed by atoms with Crippen molar-refractivity contribution >= 4 is 28.4 Å². The molecule has 210 valence electrons. The second kappa shape index (κ2) is 10.9. The van der Waals surface area contributed by atoms with Gasteiger partial charge in [0.25, 0.3) is 17.4 Å². The lowest BCUT2D eigenvalue weighted by molar-refractivity contribution is -0.140. The van der Waals surface area contributed by atoms with Crippen molar-refractivity contribution in [3.8, 4) is 11.6 Å². The molecule has 4 aromatic rings. The number of amides is 2. The van der Waals surface area contributed by atoms with Crippen LogP contribution in [0.15, 0.2) is 47.7 Å². The maximum absolute atomic E-state index is 13.3. The number of nitrogens with one attached hydrogen (secondary N) is 1. The molecule has 5 rings (SSSR count). The van der Waals surface area contributed by atoms with Gasteiger partial charge in [0, 0.05) is 44.0 Å². The van der Waals surface area contributed by atoms with Gasteiger partial charge in [-0.15, -0.1) is 5.10 Å². The largest absolute Gasteiger partial charge is 0.496 e. The molecule has 0 unspecified atom stereocenters. The number of ether oxygens (including phenoxy) is 1. The summed E-state index contributed by atoms with van der Waals surface area (Å²) < 4.78 is 8.72. The SMILES string of the molecule is COc1cc2nn(C3CCC(N(C)C(=O)[C@@H](C)O)CC3)cc2cc1C(=O)Nc1cccn(-c2cnn(C)n2)c1=O. The Hall–Kier alpha value is -4.52. The highest BCUT2D eigenvalue weighted by atomic mass is 16.5. The van der Waals surface area contributed by atoms with Crippen LogP contribution in [0.4, 0.5) is 5.69 Å². The first-order chi connectivity index (χ1) is 19.2. The Morgan fingerprint density at radius 2 is 1.95 bits per heavy atom. The summed E-state index contributed by atoms with van der Waals surface area (Å²) in [5.74, 6) is -0.0891. The number of methoxy groups -OCH3 is 1. The summed E-state index contributed by atoms with van der Waals surface area (Å²) in [5.41, 5.74) is 0.597. The monoisotopic (exact) mass is 548 g/mol. The van der Waals surface area contributed by atoms with E-state index in [0.717, 1.165) is 31.1 Å². The molecule has 0 spiro atoms. The van der Waals surface area contributed by atoms with Gasteiger partial charge in [0.1, 0.15) is 17.5 Å². The fourth-order valence-electron chi connectivity index (χ4n) is 5.19. The molecular formula is C27H32N8O5. The second-order valence-electron chi connectivity index (χ2n) is 10.1. The summed E-state index contributed by atoms with van der Waals surface area (Å²) in [4.78, 5) is 41.5. The summed E-state index contributed by atoms with van der Waals surface area (Å²) in [6.45, 7) is 1.48. The van der Waals surface area contributed by atoms with Gasteiger partial charge in [0.15, 0.2) is 5.82 Å². The zero-order valence-electron chi connectivity index (χ0n) is 22.8. The normalized spacial score (nSPS) is 17.9. The molecule has 0 bridgehead atoms. The molecule has 1 fully saturated rings. The zero-order chi connectivity index (χ0) is 28.6. The Morgan fingerprint density at radius 3 is 2.60 bits per heavy atom. The number of aliphatic hydroxyl groups excluding tert-OH is 1. The second-order valence-corrected chi connectivity index (χ2v) is 10.1. The molecule has 13 nitrogen and oxygen atoms in total. The lowest BCUT2D eigenvalue weighted by Crippen LogP contribution is -2.43. The maximum atomic E-state index is 13.3. The molecule has 1 aliphatic rings. The summed E-state index contributed by atoms with van der Waals surface area (Å²) in [6.07, 6.45) is 7.17. The van der Waals surface area contributed by atoms with Gasteiger partial charge in [-0.05, 0) is 50.8 Å². The quantitative estimate of drug-likeness (QED) is 0.356. The minimum absolute atomic E-state index is 0.0789. The van der Waals surface area contributed by atoms with E-state index in [-0.39, 0.29) is 29.2 Å². The minimum atomic E-state index is -1.01. The molecule has 2 N–H and O–H groups in total. The third-order valence-corrected chi connectivity index (χ3v) is 7.41. The fourth-order valence-corrected chi connectivity index (χ4v) is 5.19. The summed E-state index contributed by atoms with van der Waals surface area (Å²) in [6, 6.07) is 6.81. The third-order valence-electron chi connectivity index (χ3n) is 7.41. The van der Waals surface area contributed by atoms with Crippen LogP contribution in [-0.2, 0) is 11.8 Å². The highest BCUT2D eigenvalue weighted by Gasteiger charge is 2.29. The average Bonchev–Trinajstić information content (AvgIpc) is 3.58. The Bertz CT molecular complexity index is 1610. The molecular weight excluding hydrogens is 516 g/mol. The average molecular weight is 549 g/mol. The number of aromatic nitrogens is 6.